The van der Waals surface area contributed by atoms with Crippen molar-refractivity contribution in [2.24, 2.45) is 7.05 Å². The number of aliphatic hydroxyl groups excluding tert-OH is 1. The predicted molar refractivity (Wildman–Crippen MR) is 88.0 cm³/mol. The van der Waals surface area contributed by atoms with Gasteiger partial charge in [-0.15, -0.1) is 0 Å². The number of aromatic nitrogens is 3. The molecule has 128 valence electrons. The first kappa shape index (κ1) is 15.4. The first-order valence-electron chi connectivity index (χ1n) is 8.45. The van der Waals surface area contributed by atoms with E-state index in [1.807, 2.05) is 39.1 Å². The van der Waals surface area contributed by atoms with E-state index in [0.29, 0.717) is 30.4 Å². The number of fused-ring (bicyclic) bond motifs is 1. The number of hydrogen-bond acceptors (Lipinski definition) is 5. The molecule has 2 aliphatic rings. The smallest absolute Gasteiger partial charge is 0.164 e. The molecule has 1 atom stereocenters. The highest BCUT2D eigenvalue weighted by Gasteiger charge is 2.35. The van der Waals surface area contributed by atoms with Crippen LogP contribution in [0.1, 0.15) is 62.3 Å². The molecule has 24 heavy (non-hydrogen) atoms. The van der Waals surface area contributed by atoms with Crippen molar-refractivity contribution < 1.29 is 14.6 Å². The lowest BCUT2D eigenvalue weighted by atomic mass is 9.91. The molecule has 0 saturated heterocycles. The molecule has 1 fully saturated rings. The minimum absolute atomic E-state index is 0.322. The molecule has 1 aliphatic heterocycles. The number of benzene rings is 1. The average molecular weight is 329 g/mol. The van der Waals surface area contributed by atoms with Gasteiger partial charge in [-0.1, -0.05) is 6.07 Å². The molecule has 2 heterocycles. The third kappa shape index (κ3) is 2.86. The van der Waals surface area contributed by atoms with Crippen LogP contribution in [0.25, 0.3) is 0 Å². The first-order valence-corrected chi connectivity index (χ1v) is 8.45. The van der Waals surface area contributed by atoms with Crippen LogP contribution in [-0.2, 0) is 13.7 Å². The number of hydrogen-bond donors (Lipinski definition) is 1. The molecule has 0 amide bonds. The second kappa shape index (κ2) is 5.48. The summed E-state index contributed by atoms with van der Waals surface area (Å²) in [5.74, 6) is 3.56. The zero-order chi connectivity index (χ0) is 16.9. The molecule has 1 saturated carbocycles. The van der Waals surface area contributed by atoms with Gasteiger partial charge in [0.25, 0.3) is 0 Å². The molecule has 4 rings (SSSR count). The van der Waals surface area contributed by atoms with Crippen LogP contribution in [0.15, 0.2) is 18.2 Å². The summed E-state index contributed by atoms with van der Waals surface area (Å²) >= 11 is 0. The molecular weight excluding hydrogens is 306 g/mol. The molecule has 1 unspecified atom stereocenters. The van der Waals surface area contributed by atoms with Crippen molar-refractivity contribution in [3.8, 4) is 11.5 Å². The Bertz CT molecular complexity index is 765. The predicted octanol–water partition coefficient (Wildman–Crippen LogP) is 2.87. The van der Waals surface area contributed by atoms with Crippen LogP contribution >= 0.6 is 0 Å². The summed E-state index contributed by atoms with van der Waals surface area (Å²) < 4.78 is 13.7. The maximum atomic E-state index is 10.5. The van der Waals surface area contributed by atoms with E-state index >= 15 is 0 Å². The lowest BCUT2D eigenvalue weighted by Crippen LogP contribution is -2.35. The van der Waals surface area contributed by atoms with Crippen LogP contribution < -0.4 is 9.47 Å². The molecule has 2 aromatic rings. The number of aryl methyl sites for hydroxylation is 1. The molecule has 1 N–H and O–H groups in total. The molecule has 0 bridgehead atoms. The summed E-state index contributed by atoms with van der Waals surface area (Å²) in [4.78, 5) is 4.57. The van der Waals surface area contributed by atoms with E-state index in [9.17, 15) is 5.11 Å². The van der Waals surface area contributed by atoms with Gasteiger partial charge >= 0.3 is 0 Å². The number of rotatable bonds is 4. The summed E-state index contributed by atoms with van der Waals surface area (Å²) in [6.07, 6.45) is 2.29. The summed E-state index contributed by atoms with van der Waals surface area (Å²) in [6, 6.07) is 5.62. The molecule has 1 aromatic carbocycles. The molecule has 6 nitrogen and oxygen atoms in total. The molecule has 1 aromatic heterocycles. The molecule has 0 spiro atoms. The Hall–Kier alpha value is -2.08. The fourth-order valence-corrected chi connectivity index (χ4v) is 3.20. The van der Waals surface area contributed by atoms with E-state index in [4.69, 9.17) is 9.47 Å². The van der Waals surface area contributed by atoms with Gasteiger partial charge in [0.1, 0.15) is 23.7 Å². The van der Waals surface area contributed by atoms with Gasteiger partial charge in [-0.25, -0.2) is 9.67 Å². The molecule has 1 aliphatic carbocycles. The lowest BCUT2D eigenvalue weighted by Gasteiger charge is -2.36. The van der Waals surface area contributed by atoms with E-state index in [2.05, 4.69) is 10.1 Å². The molecule has 6 heteroatoms. The van der Waals surface area contributed by atoms with Gasteiger partial charge in [0.15, 0.2) is 11.6 Å². The second-order valence-electron chi connectivity index (χ2n) is 7.32. The number of ether oxygens (including phenoxy) is 2. The van der Waals surface area contributed by atoms with Crippen molar-refractivity contribution in [3.05, 3.63) is 35.4 Å². The summed E-state index contributed by atoms with van der Waals surface area (Å²) in [5, 5.41) is 15.0. The van der Waals surface area contributed by atoms with E-state index in [-0.39, 0.29) is 5.60 Å². The normalized spacial score (nSPS) is 21.9. The highest BCUT2D eigenvalue weighted by atomic mass is 16.5. The van der Waals surface area contributed by atoms with Gasteiger partial charge in [-0.2, -0.15) is 5.10 Å². The highest BCUT2D eigenvalue weighted by molar-refractivity contribution is 5.48. The SMILES string of the molecule is Cn1nc(C2CC2)nc1COc1cccc2c1C(O)CC(C)(C)O2. The third-order valence-electron chi connectivity index (χ3n) is 4.60. The van der Waals surface area contributed by atoms with E-state index < -0.39 is 6.10 Å². The van der Waals surface area contributed by atoms with Gasteiger partial charge in [-0.3, -0.25) is 0 Å². The Morgan fingerprint density at radius 3 is 2.92 bits per heavy atom. The van der Waals surface area contributed by atoms with Crippen LogP contribution in [0.3, 0.4) is 0 Å². The quantitative estimate of drug-likeness (QED) is 0.934. The van der Waals surface area contributed by atoms with Gasteiger partial charge in [-0.05, 0) is 38.8 Å². The fourth-order valence-electron chi connectivity index (χ4n) is 3.20. The third-order valence-corrected chi connectivity index (χ3v) is 4.60. The summed E-state index contributed by atoms with van der Waals surface area (Å²) in [6.45, 7) is 4.28. The van der Waals surface area contributed by atoms with Crippen LogP contribution in [-0.4, -0.2) is 25.5 Å². The average Bonchev–Trinajstić information content (AvgIpc) is 3.27. The number of nitrogens with zero attached hydrogens (tertiary/aromatic N) is 3. The largest absolute Gasteiger partial charge is 0.487 e. The monoisotopic (exact) mass is 329 g/mol. The zero-order valence-corrected chi connectivity index (χ0v) is 14.3. The van der Waals surface area contributed by atoms with E-state index in [1.54, 1.807) is 4.68 Å². The van der Waals surface area contributed by atoms with Crippen LogP contribution in [0.5, 0.6) is 11.5 Å². The van der Waals surface area contributed by atoms with E-state index in [1.165, 1.54) is 12.8 Å². The summed E-state index contributed by atoms with van der Waals surface area (Å²) in [7, 11) is 1.89. The van der Waals surface area contributed by atoms with Gasteiger partial charge in [0, 0.05) is 19.4 Å². The maximum Gasteiger partial charge on any atom is 0.164 e. The Morgan fingerprint density at radius 1 is 1.38 bits per heavy atom. The van der Waals surface area contributed by atoms with Gasteiger partial charge in [0.05, 0.1) is 11.7 Å². The van der Waals surface area contributed by atoms with E-state index in [0.717, 1.165) is 17.2 Å². The second-order valence-corrected chi connectivity index (χ2v) is 7.32. The maximum absolute atomic E-state index is 10.5. The number of aliphatic hydroxyl groups is 1. The molecular formula is C18H23N3O3. The van der Waals surface area contributed by atoms with Crippen molar-refractivity contribution in [3.63, 3.8) is 0 Å². The Balaban J connectivity index is 1.55. The Kier molecular flexibility index (Phi) is 3.53. The van der Waals surface area contributed by atoms with Gasteiger partial charge < -0.3 is 14.6 Å². The topological polar surface area (TPSA) is 69.4 Å². The minimum Gasteiger partial charge on any atom is -0.487 e. The highest BCUT2D eigenvalue weighted by Crippen LogP contribution is 2.44. The lowest BCUT2D eigenvalue weighted by molar-refractivity contribution is 0.00943. The molecule has 0 radical (unpaired) electrons. The van der Waals surface area contributed by atoms with Crippen molar-refractivity contribution >= 4 is 0 Å². The van der Waals surface area contributed by atoms with Crippen molar-refractivity contribution in [1.82, 2.24) is 14.8 Å². The van der Waals surface area contributed by atoms with Crippen molar-refractivity contribution in [1.29, 1.82) is 0 Å². The zero-order valence-electron chi connectivity index (χ0n) is 14.3. The Labute approximate surface area is 141 Å². The Morgan fingerprint density at radius 2 is 2.17 bits per heavy atom. The van der Waals surface area contributed by atoms with Gasteiger partial charge in [0.2, 0.25) is 0 Å². The minimum atomic E-state index is -0.596. The summed E-state index contributed by atoms with van der Waals surface area (Å²) in [5.41, 5.74) is 0.342. The standard InChI is InChI=1S/C18H23N3O3/c1-18(2)9-12(22)16-13(5-4-6-14(16)24-18)23-10-15-19-17(11-7-8-11)20-21(15)3/h4-6,11-12,22H,7-10H2,1-3H3. The van der Waals surface area contributed by atoms with Crippen LogP contribution in [0.2, 0.25) is 0 Å². The van der Waals surface area contributed by atoms with Crippen molar-refractivity contribution in [2.45, 2.75) is 57.3 Å². The fraction of sp³-hybridized carbons (Fsp3) is 0.556. The van der Waals surface area contributed by atoms with Crippen LogP contribution in [0, 0.1) is 0 Å². The first-order chi connectivity index (χ1) is 11.4. The van der Waals surface area contributed by atoms with Crippen molar-refractivity contribution in [2.75, 3.05) is 0 Å². The van der Waals surface area contributed by atoms with Crippen LogP contribution in [0.4, 0.5) is 0 Å².